The van der Waals surface area contributed by atoms with Gasteiger partial charge in [0.2, 0.25) is 0 Å². The van der Waals surface area contributed by atoms with Gasteiger partial charge in [0.15, 0.2) is 0 Å². The molecule has 150 valence electrons. The number of benzene rings is 2. The van der Waals surface area contributed by atoms with Gasteiger partial charge in [-0.1, -0.05) is 0 Å². The van der Waals surface area contributed by atoms with Crippen molar-refractivity contribution in [3.8, 4) is 0 Å². The van der Waals surface area contributed by atoms with Crippen LogP contribution in [0, 0.1) is 83.1 Å². The van der Waals surface area contributed by atoms with Crippen LogP contribution in [-0.2, 0) is 0 Å². The molecule has 0 saturated heterocycles. The Labute approximate surface area is 171 Å². The smallest absolute Gasteiger partial charge is 0.0588 e. The fourth-order valence-corrected chi connectivity index (χ4v) is 4.01. The summed E-state index contributed by atoms with van der Waals surface area (Å²) in [7, 11) is 0. The van der Waals surface area contributed by atoms with Gasteiger partial charge < -0.3 is 0 Å². The first kappa shape index (κ1) is 22.1. The van der Waals surface area contributed by atoms with Gasteiger partial charge in [0.25, 0.3) is 0 Å². The lowest BCUT2D eigenvalue weighted by Gasteiger charge is -2.21. The van der Waals surface area contributed by atoms with Crippen molar-refractivity contribution < 1.29 is 0 Å². The number of aryl methyl sites for hydroxylation is 8. The average molecular weight is 377 g/mol. The van der Waals surface area contributed by atoms with E-state index in [1.807, 2.05) is 27.7 Å². The molecule has 0 spiro atoms. The molecule has 0 radical (unpaired) electrons. The molecule has 28 heavy (non-hydrogen) atoms. The monoisotopic (exact) mass is 376 g/mol. The molecule has 0 aliphatic carbocycles. The number of hydrogen-bond donors (Lipinski definition) is 0. The van der Waals surface area contributed by atoms with Crippen LogP contribution in [0.3, 0.4) is 0 Å². The summed E-state index contributed by atoms with van der Waals surface area (Å²) in [5, 5.41) is 2.97. The van der Waals surface area contributed by atoms with Crippen LogP contribution in [0.5, 0.6) is 0 Å². The number of hydrogen-bond acceptors (Lipinski definition) is 2. The lowest BCUT2D eigenvalue weighted by molar-refractivity contribution is 0.959. The van der Waals surface area contributed by atoms with Gasteiger partial charge in [0.1, 0.15) is 0 Å². The summed E-state index contributed by atoms with van der Waals surface area (Å²) in [6.07, 6.45) is 0. The molecule has 0 atom stereocenters. The molecule has 0 aliphatic heterocycles. The van der Waals surface area contributed by atoms with E-state index in [1.165, 1.54) is 55.3 Å². The summed E-state index contributed by atoms with van der Waals surface area (Å²) in [6, 6.07) is 0. The second-order valence-corrected chi connectivity index (χ2v) is 8.32. The highest BCUT2D eigenvalue weighted by Gasteiger charge is 2.16. The van der Waals surface area contributed by atoms with Crippen molar-refractivity contribution in [3.05, 3.63) is 67.3 Å². The minimum Gasteiger partial charge on any atom is -0.255 e. The van der Waals surface area contributed by atoms with Gasteiger partial charge in [0.05, 0.1) is 22.8 Å². The van der Waals surface area contributed by atoms with Crippen molar-refractivity contribution >= 4 is 10.8 Å². The molecule has 3 rings (SSSR count). The van der Waals surface area contributed by atoms with Crippen molar-refractivity contribution in [1.29, 1.82) is 0 Å². The number of rotatable bonds is 0. The molecule has 0 N–H and O–H groups in total. The van der Waals surface area contributed by atoms with E-state index in [0.29, 0.717) is 0 Å². The van der Waals surface area contributed by atoms with Crippen LogP contribution in [0.25, 0.3) is 10.8 Å². The molecule has 1 heterocycles. The molecule has 0 saturated carbocycles. The van der Waals surface area contributed by atoms with E-state index >= 15 is 0 Å². The first-order valence-electron chi connectivity index (χ1n) is 10.1. The summed E-state index contributed by atoms with van der Waals surface area (Å²) in [5.74, 6) is 0. The Hall–Kier alpha value is -2.22. The maximum Gasteiger partial charge on any atom is 0.0588 e. The van der Waals surface area contributed by atoms with E-state index in [9.17, 15) is 0 Å². The zero-order chi connectivity index (χ0) is 21.5. The Morgan fingerprint density at radius 3 is 0.643 bits per heavy atom. The molecule has 0 unspecified atom stereocenters. The Balaban J connectivity index is 0.000000237. The van der Waals surface area contributed by atoms with E-state index in [1.54, 1.807) is 0 Å². The quantitative estimate of drug-likeness (QED) is 0.421. The number of fused-ring (bicyclic) bond motifs is 1. The van der Waals surface area contributed by atoms with Gasteiger partial charge >= 0.3 is 0 Å². The third kappa shape index (κ3) is 3.70. The molecule has 0 fully saturated rings. The van der Waals surface area contributed by atoms with E-state index < -0.39 is 0 Å². The van der Waals surface area contributed by atoms with Gasteiger partial charge in [-0.15, -0.1) is 0 Å². The van der Waals surface area contributed by atoms with Gasteiger partial charge in [-0.25, -0.2) is 0 Å². The average Bonchev–Trinajstić information content (AvgIpc) is 2.64. The van der Waals surface area contributed by atoms with E-state index in [-0.39, 0.29) is 0 Å². The van der Waals surface area contributed by atoms with Crippen LogP contribution in [0.2, 0.25) is 0 Å². The third-order valence-electron chi connectivity index (χ3n) is 6.84. The first-order chi connectivity index (χ1) is 12.9. The predicted molar refractivity (Wildman–Crippen MR) is 123 cm³/mol. The summed E-state index contributed by atoms with van der Waals surface area (Å²) < 4.78 is 0. The van der Waals surface area contributed by atoms with Crippen molar-refractivity contribution in [2.24, 2.45) is 0 Å². The minimum absolute atomic E-state index is 1.03. The van der Waals surface area contributed by atoms with Gasteiger partial charge in [0, 0.05) is 0 Å². The second-order valence-electron chi connectivity index (χ2n) is 8.32. The third-order valence-corrected chi connectivity index (χ3v) is 6.84. The van der Waals surface area contributed by atoms with Gasteiger partial charge in [-0.05, 0) is 138 Å². The lowest BCUT2D eigenvalue weighted by Crippen LogP contribution is -2.01. The van der Waals surface area contributed by atoms with Crippen molar-refractivity contribution in [2.75, 3.05) is 0 Å². The summed E-state index contributed by atoms with van der Waals surface area (Å²) in [5.41, 5.74) is 15.7. The van der Waals surface area contributed by atoms with Crippen LogP contribution in [0.15, 0.2) is 0 Å². The Morgan fingerprint density at radius 1 is 0.286 bits per heavy atom. The number of aromatic nitrogens is 2. The summed E-state index contributed by atoms with van der Waals surface area (Å²) >= 11 is 0. The summed E-state index contributed by atoms with van der Waals surface area (Å²) in [4.78, 5) is 8.62. The van der Waals surface area contributed by atoms with Gasteiger partial charge in [-0.3, -0.25) is 9.97 Å². The van der Waals surface area contributed by atoms with Crippen molar-refractivity contribution in [1.82, 2.24) is 9.97 Å². The molecular weight excluding hydrogens is 340 g/mol. The van der Waals surface area contributed by atoms with Crippen LogP contribution in [-0.4, -0.2) is 9.97 Å². The molecule has 0 bridgehead atoms. The zero-order valence-electron chi connectivity index (χ0n) is 19.9. The Bertz CT molecular complexity index is 909. The standard InChI is InChI=1S/C18H24.C8H12N2/c1-9-10(2)14(6)18-16(8)12(4)11(3)15(7)17(18)13(9)5;1-5-6(2)10-8(4)7(3)9-5/h1-8H3;1-4H3. The maximum absolute atomic E-state index is 4.31. The van der Waals surface area contributed by atoms with E-state index in [2.05, 4.69) is 65.4 Å². The van der Waals surface area contributed by atoms with Crippen LogP contribution in [0.1, 0.15) is 67.3 Å². The Morgan fingerprint density at radius 2 is 0.464 bits per heavy atom. The molecular formula is C26H36N2. The van der Waals surface area contributed by atoms with Crippen LogP contribution in [0.4, 0.5) is 0 Å². The highest BCUT2D eigenvalue weighted by atomic mass is 14.8. The van der Waals surface area contributed by atoms with Gasteiger partial charge in [-0.2, -0.15) is 0 Å². The minimum atomic E-state index is 1.03. The molecule has 1 aromatic heterocycles. The Kier molecular flexibility index (Phi) is 6.33. The zero-order valence-corrected chi connectivity index (χ0v) is 19.9. The van der Waals surface area contributed by atoms with E-state index in [0.717, 1.165) is 22.8 Å². The molecule has 2 nitrogen and oxygen atoms in total. The molecule has 0 amide bonds. The normalized spacial score (nSPS) is 10.9. The van der Waals surface area contributed by atoms with E-state index in [4.69, 9.17) is 0 Å². The highest BCUT2D eigenvalue weighted by Crippen LogP contribution is 2.36. The summed E-state index contributed by atoms with van der Waals surface area (Å²) in [6.45, 7) is 26.0. The SMILES string of the molecule is Cc1c(C)c(C)c2c(C)c(C)c(C)c(C)c2c1C.Cc1nc(C)c(C)nc1C. The lowest BCUT2D eigenvalue weighted by atomic mass is 9.83. The fourth-order valence-electron chi connectivity index (χ4n) is 4.01. The molecule has 2 heteroatoms. The molecule has 0 aliphatic rings. The topological polar surface area (TPSA) is 25.8 Å². The molecule has 3 aromatic rings. The first-order valence-corrected chi connectivity index (χ1v) is 10.1. The molecule has 2 aromatic carbocycles. The maximum atomic E-state index is 4.31. The largest absolute Gasteiger partial charge is 0.255 e. The van der Waals surface area contributed by atoms with Crippen LogP contribution < -0.4 is 0 Å². The second kappa shape index (κ2) is 8.03. The number of nitrogens with zero attached hydrogens (tertiary/aromatic N) is 2. The van der Waals surface area contributed by atoms with Crippen molar-refractivity contribution in [2.45, 2.75) is 83.1 Å². The predicted octanol–water partition coefficient (Wildman–Crippen LogP) is 7.02. The van der Waals surface area contributed by atoms with Crippen LogP contribution >= 0.6 is 0 Å². The van der Waals surface area contributed by atoms with Crippen molar-refractivity contribution in [3.63, 3.8) is 0 Å². The highest BCUT2D eigenvalue weighted by molar-refractivity contribution is 5.97. The fraction of sp³-hybridized carbons (Fsp3) is 0.462.